The highest BCUT2D eigenvalue weighted by Gasteiger charge is 2.16. The molecule has 2 aliphatic heterocycles. The third kappa shape index (κ3) is 5.11. The van der Waals surface area contributed by atoms with Gasteiger partial charge in [0.05, 0.1) is 25.6 Å². The number of ether oxygens (including phenoxy) is 1. The van der Waals surface area contributed by atoms with Gasteiger partial charge in [0.2, 0.25) is 11.8 Å². The Morgan fingerprint density at radius 3 is 2.68 bits per heavy atom. The normalized spacial score (nSPS) is 18.5. The van der Waals surface area contributed by atoms with Gasteiger partial charge in [0.1, 0.15) is 5.03 Å². The monoisotopic (exact) mass is 422 g/mol. The Kier molecular flexibility index (Phi) is 6.61. The first-order chi connectivity index (χ1) is 13.7. The van der Waals surface area contributed by atoms with Gasteiger partial charge in [-0.2, -0.15) is 0 Å². The summed E-state index contributed by atoms with van der Waals surface area (Å²) in [5, 5.41) is 5.48. The van der Waals surface area contributed by atoms with Crippen LogP contribution in [0.25, 0.3) is 0 Å². The molecule has 0 aromatic carbocycles. The highest BCUT2D eigenvalue weighted by Crippen LogP contribution is 2.24. The fourth-order valence-electron chi connectivity index (χ4n) is 3.40. The molecule has 2 saturated heterocycles. The van der Waals surface area contributed by atoms with Gasteiger partial charge >= 0.3 is 0 Å². The lowest BCUT2D eigenvalue weighted by Gasteiger charge is -2.27. The molecule has 2 aromatic rings. The molecule has 0 unspecified atom stereocenters. The summed E-state index contributed by atoms with van der Waals surface area (Å²) in [5.74, 6) is 2.05. The van der Waals surface area contributed by atoms with Crippen molar-refractivity contribution < 1.29 is 9.15 Å². The minimum absolute atomic E-state index is 0.412. The van der Waals surface area contributed by atoms with E-state index in [0.717, 1.165) is 56.1 Å². The first kappa shape index (κ1) is 19.8. The molecule has 0 atom stereocenters. The third-order valence-electron chi connectivity index (χ3n) is 4.89. The molecule has 0 bridgehead atoms. The number of hydrogen-bond acceptors (Lipinski definition) is 9. The average molecular weight is 423 g/mol. The Balaban J connectivity index is 1.39. The molecular formula is C18H26N6O2S2. The summed E-state index contributed by atoms with van der Waals surface area (Å²) in [6, 6.07) is 2.01. The molecule has 28 heavy (non-hydrogen) atoms. The van der Waals surface area contributed by atoms with Crippen molar-refractivity contribution in [1.82, 2.24) is 24.6 Å². The summed E-state index contributed by atoms with van der Waals surface area (Å²) < 4.78 is 12.8. The molecule has 4 rings (SSSR count). The fourth-order valence-corrected chi connectivity index (χ4v) is 4.38. The number of aromatic nitrogens is 4. The van der Waals surface area contributed by atoms with Crippen LogP contribution in [-0.2, 0) is 17.2 Å². The first-order valence-electron chi connectivity index (χ1n) is 9.78. The lowest BCUT2D eigenvalue weighted by Crippen LogP contribution is -2.37. The molecule has 8 nitrogen and oxygen atoms in total. The van der Waals surface area contributed by atoms with Gasteiger partial charge in [-0.05, 0) is 44.5 Å². The molecule has 2 fully saturated rings. The molecule has 2 aliphatic rings. The zero-order valence-electron chi connectivity index (χ0n) is 16.2. The van der Waals surface area contributed by atoms with E-state index in [9.17, 15) is 0 Å². The molecule has 4 heterocycles. The van der Waals surface area contributed by atoms with E-state index in [2.05, 4.69) is 19.9 Å². The van der Waals surface area contributed by atoms with Crippen molar-refractivity contribution in [2.24, 2.45) is 0 Å². The Morgan fingerprint density at radius 2 is 1.89 bits per heavy atom. The van der Waals surface area contributed by atoms with Crippen molar-refractivity contribution >= 4 is 29.9 Å². The van der Waals surface area contributed by atoms with Crippen LogP contribution in [-0.4, -0.2) is 64.0 Å². The number of morpholine rings is 1. The van der Waals surface area contributed by atoms with E-state index in [4.69, 9.17) is 26.4 Å². The van der Waals surface area contributed by atoms with Crippen LogP contribution < -0.4 is 4.90 Å². The topological polar surface area (TPSA) is 72.5 Å². The fraction of sp³-hybridized carbons (Fsp3) is 0.667. The molecule has 0 spiro atoms. The van der Waals surface area contributed by atoms with E-state index < -0.39 is 0 Å². The maximum Gasteiger partial charge on any atom is 0.288 e. The summed E-state index contributed by atoms with van der Waals surface area (Å²) in [7, 11) is 0. The van der Waals surface area contributed by atoms with E-state index in [-0.39, 0.29) is 0 Å². The van der Waals surface area contributed by atoms with Crippen LogP contribution in [0.5, 0.6) is 0 Å². The van der Waals surface area contributed by atoms with E-state index in [1.807, 2.05) is 13.0 Å². The standard InChI is InChI=1S/C18H26N6O2S2/c1-14-11-16(20-17(19-14)23-5-3-2-4-6-23)28-12-15-21-24(18(27)26-15)13-22-7-9-25-10-8-22/h11H,2-10,12-13H2,1H3. The van der Waals surface area contributed by atoms with Crippen LogP contribution in [0.4, 0.5) is 5.95 Å². The zero-order valence-corrected chi connectivity index (χ0v) is 17.8. The van der Waals surface area contributed by atoms with Gasteiger partial charge in [-0.1, -0.05) is 11.8 Å². The number of rotatable bonds is 6. The van der Waals surface area contributed by atoms with E-state index in [1.165, 1.54) is 19.3 Å². The van der Waals surface area contributed by atoms with Gasteiger partial charge in [-0.3, -0.25) is 4.90 Å². The number of piperidine rings is 1. The number of aryl methyl sites for hydroxylation is 1. The Hall–Kier alpha value is -1.49. The Labute approximate surface area is 174 Å². The van der Waals surface area contributed by atoms with Gasteiger partial charge in [0.25, 0.3) is 4.84 Å². The second kappa shape index (κ2) is 9.34. The SMILES string of the molecule is Cc1cc(SCc2nn(CN3CCOCC3)c(=S)o2)nc(N2CCCCC2)n1. The molecule has 10 heteroatoms. The number of anilines is 1. The smallest absolute Gasteiger partial charge is 0.288 e. The zero-order chi connectivity index (χ0) is 19.3. The average Bonchev–Trinajstić information content (AvgIpc) is 3.07. The van der Waals surface area contributed by atoms with Crippen molar-refractivity contribution in [2.75, 3.05) is 44.3 Å². The van der Waals surface area contributed by atoms with E-state index in [0.29, 0.717) is 23.1 Å². The summed E-state index contributed by atoms with van der Waals surface area (Å²) >= 11 is 6.94. The van der Waals surface area contributed by atoms with Gasteiger partial charge < -0.3 is 14.1 Å². The Morgan fingerprint density at radius 1 is 1.11 bits per heavy atom. The molecule has 0 amide bonds. The largest absolute Gasteiger partial charge is 0.413 e. The molecule has 0 radical (unpaired) electrons. The van der Waals surface area contributed by atoms with Crippen molar-refractivity contribution in [2.45, 2.75) is 43.6 Å². The molecule has 152 valence electrons. The lowest BCUT2D eigenvalue weighted by atomic mass is 10.1. The number of thioether (sulfide) groups is 1. The first-order valence-corrected chi connectivity index (χ1v) is 11.2. The van der Waals surface area contributed by atoms with Crippen molar-refractivity contribution in [3.05, 3.63) is 22.5 Å². The minimum atomic E-state index is 0.412. The van der Waals surface area contributed by atoms with Crippen molar-refractivity contribution in [1.29, 1.82) is 0 Å². The van der Waals surface area contributed by atoms with Crippen LogP contribution in [0.3, 0.4) is 0 Å². The highest BCUT2D eigenvalue weighted by atomic mass is 32.2. The molecule has 2 aromatic heterocycles. The predicted molar refractivity (Wildman–Crippen MR) is 110 cm³/mol. The summed E-state index contributed by atoms with van der Waals surface area (Å²) in [5.41, 5.74) is 0.983. The van der Waals surface area contributed by atoms with Gasteiger partial charge in [0.15, 0.2) is 0 Å². The number of nitrogens with zero attached hydrogens (tertiary/aromatic N) is 6. The van der Waals surface area contributed by atoms with Crippen molar-refractivity contribution in [3.63, 3.8) is 0 Å². The van der Waals surface area contributed by atoms with Gasteiger partial charge in [0, 0.05) is 31.9 Å². The predicted octanol–water partition coefficient (Wildman–Crippen LogP) is 2.88. The Bertz CT molecular complexity index is 843. The second-order valence-electron chi connectivity index (χ2n) is 7.12. The summed E-state index contributed by atoms with van der Waals surface area (Å²) in [6.45, 7) is 8.00. The van der Waals surface area contributed by atoms with Crippen LogP contribution >= 0.6 is 24.0 Å². The molecule has 0 N–H and O–H groups in total. The van der Waals surface area contributed by atoms with Crippen LogP contribution in [0.2, 0.25) is 0 Å². The minimum Gasteiger partial charge on any atom is -0.413 e. The van der Waals surface area contributed by atoms with Crippen molar-refractivity contribution in [3.8, 4) is 0 Å². The van der Waals surface area contributed by atoms with Gasteiger partial charge in [-0.15, -0.1) is 5.10 Å². The second-order valence-corrected chi connectivity index (χ2v) is 8.46. The van der Waals surface area contributed by atoms with Gasteiger partial charge in [-0.25, -0.2) is 14.6 Å². The molecule has 0 saturated carbocycles. The summed E-state index contributed by atoms with van der Waals surface area (Å²) in [4.78, 5) is 14.3. The van der Waals surface area contributed by atoms with Crippen LogP contribution in [0.15, 0.2) is 15.5 Å². The van der Waals surface area contributed by atoms with Crippen LogP contribution in [0.1, 0.15) is 30.8 Å². The quantitative estimate of drug-likeness (QED) is 0.397. The van der Waals surface area contributed by atoms with E-state index >= 15 is 0 Å². The summed E-state index contributed by atoms with van der Waals surface area (Å²) in [6.07, 6.45) is 3.71. The molecular weight excluding hydrogens is 396 g/mol. The maximum atomic E-state index is 5.69. The van der Waals surface area contributed by atoms with Crippen LogP contribution in [0, 0.1) is 11.8 Å². The lowest BCUT2D eigenvalue weighted by molar-refractivity contribution is 0.0206. The third-order valence-corrected chi connectivity index (χ3v) is 6.08. The highest BCUT2D eigenvalue weighted by molar-refractivity contribution is 7.98. The maximum absolute atomic E-state index is 5.69. The number of hydrogen-bond donors (Lipinski definition) is 0. The molecule has 0 aliphatic carbocycles. The van der Waals surface area contributed by atoms with E-state index in [1.54, 1.807) is 16.4 Å².